The summed E-state index contributed by atoms with van der Waals surface area (Å²) in [7, 11) is 0. The topological polar surface area (TPSA) is 46.5 Å². The fraction of sp³-hybridized carbons (Fsp3) is 0.679. The van der Waals surface area contributed by atoms with Crippen molar-refractivity contribution in [1.82, 2.24) is 0 Å². The van der Waals surface area contributed by atoms with Gasteiger partial charge in [0.05, 0.1) is 11.5 Å². The van der Waals surface area contributed by atoms with Crippen molar-refractivity contribution in [2.24, 2.45) is 17.8 Å². The first-order valence-electron chi connectivity index (χ1n) is 12.7. The molecule has 0 aromatic heterocycles. The summed E-state index contributed by atoms with van der Waals surface area (Å²) in [4.78, 5) is 12.8. The summed E-state index contributed by atoms with van der Waals surface area (Å²) >= 11 is 0. The molecular weight excluding hydrogens is 384 g/mol. The lowest BCUT2D eigenvalue weighted by Crippen LogP contribution is -2.20. The molecule has 4 unspecified atom stereocenters. The number of rotatable bonds is 9. The van der Waals surface area contributed by atoms with Crippen molar-refractivity contribution < 1.29 is 14.6 Å². The summed E-state index contributed by atoms with van der Waals surface area (Å²) in [6, 6.07) is 3.97. The minimum atomic E-state index is -0.234. The highest BCUT2D eigenvalue weighted by Crippen LogP contribution is 2.49. The van der Waals surface area contributed by atoms with E-state index in [9.17, 15) is 9.90 Å². The van der Waals surface area contributed by atoms with Crippen molar-refractivity contribution in [3.8, 4) is 11.5 Å². The number of phenols is 1. The van der Waals surface area contributed by atoms with E-state index in [-0.39, 0.29) is 17.6 Å². The summed E-state index contributed by atoms with van der Waals surface area (Å²) in [5, 5.41) is 11.1. The van der Waals surface area contributed by atoms with E-state index in [1.165, 1.54) is 56.1 Å². The molecule has 0 amide bonds. The molecule has 1 heterocycles. The first-order chi connectivity index (χ1) is 14.9. The second-order valence-electron chi connectivity index (χ2n) is 10.1. The fourth-order valence-corrected chi connectivity index (χ4v) is 5.51. The number of carbonyl (C=O) groups is 1. The smallest absolute Gasteiger partial charge is 0.318 e. The van der Waals surface area contributed by atoms with E-state index in [0.717, 1.165) is 30.4 Å². The minimum Gasteiger partial charge on any atom is -0.507 e. The normalized spacial score (nSPS) is 22.9. The first kappa shape index (κ1) is 23.9. The third kappa shape index (κ3) is 5.35. The molecule has 1 aliphatic carbocycles. The molecule has 3 rings (SSSR count). The van der Waals surface area contributed by atoms with Crippen LogP contribution in [0.4, 0.5) is 0 Å². The maximum Gasteiger partial charge on any atom is 0.318 e. The maximum atomic E-state index is 12.8. The molecule has 1 aliphatic heterocycles. The number of fused-ring (bicyclic) bond motifs is 2. The van der Waals surface area contributed by atoms with Gasteiger partial charge >= 0.3 is 5.97 Å². The maximum absolute atomic E-state index is 12.8. The highest BCUT2D eigenvalue weighted by Gasteiger charge is 2.35. The van der Waals surface area contributed by atoms with Crippen LogP contribution in [-0.4, -0.2) is 11.1 Å². The van der Waals surface area contributed by atoms with Gasteiger partial charge < -0.3 is 9.84 Å². The number of hydrogen-bond donors (Lipinski definition) is 1. The van der Waals surface area contributed by atoms with Gasteiger partial charge in [0.1, 0.15) is 11.5 Å². The van der Waals surface area contributed by atoms with Gasteiger partial charge in [0.25, 0.3) is 0 Å². The molecule has 0 spiro atoms. The van der Waals surface area contributed by atoms with Crippen molar-refractivity contribution >= 4 is 11.5 Å². The predicted octanol–water partition coefficient (Wildman–Crippen LogP) is 8.01. The second-order valence-corrected chi connectivity index (χ2v) is 10.1. The molecule has 1 N–H and O–H groups in total. The summed E-state index contributed by atoms with van der Waals surface area (Å²) in [6.45, 7) is 11.0. The number of benzene rings is 1. The average Bonchev–Trinajstić information content (AvgIpc) is 2.85. The van der Waals surface area contributed by atoms with Crippen LogP contribution in [0.15, 0.2) is 17.7 Å². The van der Waals surface area contributed by atoms with Gasteiger partial charge in [-0.05, 0) is 67.2 Å². The molecule has 0 radical (unpaired) electrons. The van der Waals surface area contributed by atoms with Gasteiger partial charge in [-0.25, -0.2) is 0 Å². The zero-order valence-corrected chi connectivity index (χ0v) is 20.3. The Bertz CT molecular complexity index is 807. The van der Waals surface area contributed by atoms with E-state index < -0.39 is 0 Å². The molecule has 0 saturated heterocycles. The molecule has 0 saturated carbocycles. The van der Waals surface area contributed by atoms with Gasteiger partial charge in [0.15, 0.2) is 0 Å². The lowest BCUT2D eigenvalue weighted by Gasteiger charge is -2.28. The van der Waals surface area contributed by atoms with Crippen LogP contribution in [0.3, 0.4) is 0 Å². The SMILES string of the molecule is CCCCCCC(C)C(C)c1cc(O)c2c(c1)OC(=O)C(C)C1=C2CC(CCC)CC1. The Labute approximate surface area is 189 Å². The predicted molar refractivity (Wildman–Crippen MR) is 128 cm³/mol. The van der Waals surface area contributed by atoms with Crippen molar-refractivity contribution in [1.29, 1.82) is 0 Å². The van der Waals surface area contributed by atoms with Crippen LogP contribution in [0.5, 0.6) is 11.5 Å². The largest absolute Gasteiger partial charge is 0.507 e. The van der Waals surface area contributed by atoms with Crippen molar-refractivity contribution in [2.75, 3.05) is 0 Å². The molecule has 1 aromatic carbocycles. The highest BCUT2D eigenvalue weighted by molar-refractivity contribution is 5.89. The second kappa shape index (κ2) is 10.7. The van der Waals surface area contributed by atoms with Crippen LogP contribution in [0.2, 0.25) is 0 Å². The van der Waals surface area contributed by atoms with E-state index in [1.54, 1.807) is 0 Å². The van der Waals surface area contributed by atoms with Crippen LogP contribution in [-0.2, 0) is 4.79 Å². The number of phenolic OH excluding ortho intramolecular Hbond substituents is 1. The number of esters is 1. The number of allylic oxidation sites excluding steroid dienone is 1. The molecule has 3 heteroatoms. The number of carbonyl (C=O) groups excluding carboxylic acids is 1. The third-order valence-electron chi connectivity index (χ3n) is 7.78. The number of aromatic hydroxyl groups is 1. The van der Waals surface area contributed by atoms with E-state index in [1.807, 2.05) is 19.1 Å². The zero-order valence-electron chi connectivity index (χ0n) is 20.3. The molecule has 4 atom stereocenters. The van der Waals surface area contributed by atoms with Gasteiger partial charge in [-0.1, -0.05) is 78.2 Å². The first-order valence-corrected chi connectivity index (χ1v) is 12.7. The summed E-state index contributed by atoms with van der Waals surface area (Å²) in [6.07, 6.45) is 11.6. The van der Waals surface area contributed by atoms with Crippen LogP contribution in [0.1, 0.15) is 116 Å². The average molecular weight is 427 g/mol. The van der Waals surface area contributed by atoms with E-state index in [4.69, 9.17) is 4.74 Å². The number of ether oxygens (including phenoxy) is 1. The molecule has 172 valence electrons. The Kier molecular flexibility index (Phi) is 8.24. The summed E-state index contributed by atoms with van der Waals surface area (Å²) in [5.74, 6) is 1.89. The highest BCUT2D eigenvalue weighted by atomic mass is 16.5. The Balaban J connectivity index is 1.91. The van der Waals surface area contributed by atoms with Crippen molar-refractivity contribution in [3.05, 3.63) is 28.8 Å². The molecular formula is C28H42O3. The van der Waals surface area contributed by atoms with Gasteiger partial charge in [-0.15, -0.1) is 0 Å². The molecule has 3 nitrogen and oxygen atoms in total. The number of unbranched alkanes of at least 4 members (excludes halogenated alkanes) is 3. The Morgan fingerprint density at radius 1 is 1.13 bits per heavy atom. The van der Waals surface area contributed by atoms with E-state index in [0.29, 0.717) is 23.5 Å². The van der Waals surface area contributed by atoms with Crippen molar-refractivity contribution in [2.45, 2.75) is 105 Å². The Morgan fingerprint density at radius 2 is 1.90 bits per heavy atom. The molecule has 2 aliphatic rings. The van der Waals surface area contributed by atoms with Crippen LogP contribution < -0.4 is 4.74 Å². The van der Waals surface area contributed by atoms with E-state index >= 15 is 0 Å². The van der Waals surface area contributed by atoms with Crippen molar-refractivity contribution in [3.63, 3.8) is 0 Å². The van der Waals surface area contributed by atoms with Gasteiger partial charge in [0.2, 0.25) is 0 Å². The van der Waals surface area contributed by atoms with Crippen LogP contribution in [0.25, 0.3) is 5.57 Å². The fourth-order valence-electron chi connectivity index (χ4n) is 5.51. The van der Waals surface area contributed by atoms with Gasteiger partial charge in [-0.2, -0.15) is 0 Å². The quantitative estimate of drug-likeness (QED) is 0.247. The summed E-state index contributed by atoms with van der Waals surface area (Å²) in [5.41, 5.74) is 4.20. The third-order valence-corrected chi connectivity index (χ3v) is 7.78. The number of hydrogen-bond acceptors (Lipinski definition) is 3. The minimum absolute atomic E-state index is 0.183. The zero-order chi connectivity index (χ0) is 22.5. The Morgan fingerprint density at radius 3 is 2.61 bits per heavy atom. The van der Waals surface area contributed by atoms with E-state index in [2.05, 4.69) is 27.7 Å². The lowest BCUT2D eigenvalue weighted by molar-refractivity contribution is -0.137. The van der Waals surface area contributed by atoms with Gasteiger partial charge in [0, 0.05) is 0 Å². The molecule has 31 heavy (non-hydrogen) atoms. The lowest BCUT2D eigenvalue weighted by atomic mass is 9.75. The van der Waals surface area contributed by atoms with Gasteiger partial charge in [-0.3, -0.25) is 4.79 Å². The Hall–Kier alpha value is -1.77. The van der Waals surface area contributed by atoms with Crippen LogP contribution in [0, 0.1) is 17.8 Å². The molecule has 0 fully saturated rings. The monoisotopic (exact) mass is 426 g/mol. The molecule has 0 bridgehead atoms. The molecule has 1 aromatic rings. The standard InChI is InChI=1S/C28H42O3/c1-6-8-9-10-12-18(3)19(4)22-16-25(29)27-24-15-21(11-7-2)13-14-23(24)20(5)28(30)31-26(27)17-22/h16-21,29H,6-15H2,1-5H3. The summed E-state index contributed by atoms with van der Waals surface area (Å²) < 4.78 is 5.88. The van der Waals surface area contributed by atoms with Crippen LogP contribution >= 0.6 is 0 Å².